The number of benzene rings is 1. The van der Waals surface area contributed by atoms with Crippen molar-refractivity contribution in [2.75, 3.05) is 6.54 Å². The Balaban J connectivity index is 1.79. The Morgan fingerprint density at radius 2 is 2.00 bits per heavy atom. The van der Waals surface area contributed by atoms with Gasteiger partial charge in [-0.3, -0.25) is 9.97 Å². The van der Waals surface area contributed by atoms with Crippen LogP contribution in [0, 0.1) is 0 Å². The molecule has 0 aliphatic heterocycles. The van der Waals surface area contributed by atoms with Crippen LogP contribution in [-0.4, -0.2) is 27.7 Å². The van der Waals surface area contributed by atoms with E-state index < -0.39 is 6.10 Å². The Morgan fingerprint density at radius 1 is 1.21 bits per heavy atom. The van der Waals surface area contributed by atoms with Crippen molar-refractivity contribution in [2.45, 2.75) is 25.5 Å². The van der Waals surface area contributed by atoms with Gasteiger partial charge in [-0.25, -0.2) is 0 Å². The third kappa shape index (κ3) is 4.43. The van der Waals surface area contributed by atoms with E-state index in [-0.39, 0.29) is 6.04 Å². The van der Waals surface area contributed by atoms with Gasteiger partial charge in [0.2, 0.25) is 0 Å². The molecular formula is C15H19N3O. The number of aliphatic hydroxyl groups is 1. The normalized spacial score (nSPS) is 14.0. The fourth-order valence-electron chi connectivity index (χ4n) is 1.91. The van der Waals surface area contributed by atoms with Crippen molar-refractivity contribution in [3.63, 3.8) is 0 Å². The molecule has 0 aliphatic rings. The van der Waals surface area contributed by atoms with Crippen LogP contribution in [0.15, 0.2) is 48.9 Å². The lowest BCUT2D eigenvalue weighted by Crippen LogP contribution is -2.30. The SMILES string of the molecule is CC(NCC(O)Cc1ccccc1)c1cnccn1. The minimum absolute atomic E-state index is 0.0825. The van der Waals surface area contributed by atoms with Crippen LogP contribution >= 0.6 is 0 Å². The molecule has 1 aromatic carbocycles. The van der Waals surface area contributed by atoms with Crippen molar-refractivity contribution in [2.24, 2.45) is 0 Å². The summed E-state index contributed by atoms with van der Waals surface area (Å²) in [6, 6.07) is 10.1. The maximum atomic E-state index is 10.00. The van der Waals surface area contributed by atoms with Gasteiger partial charge < -0.3 is 10.4 Å². The zero-order valence-electron chi connectivity index (χ0n) is 11.0. The summed E-state index contributed by atoms with van der Waals surface area (Å²) in [7, 11) is 0. The van der Waals surface area contributed by atoms with Gasteiger partial charge in [-0.2, -0.15) is 0 Å². The van der Waals surface area contributed by atoms with E-state index in [0.29, 0.717) is 13.0 Å². The van der Waals surface area contributed by atoms with Crippen molar-refractivity contribution in [1.82, 2.24) is 15.3 Å². The summed E-state index contributed by atoms with van der Waals surface area (Å²) in [4.78, 5) is 8.27. The number of aliphatic hydroxyl groups excluding tert-OH is 1. The predicted molar refractivity (Wildman–Crippen MR) is 74.6 cm³/mol. The van der Waals surface area contributed by atoms with Crippen molar-refractivity contribution in [3.05, 3.63) is 60.2 Å². The second-order valence-electron chi connectivity index (χ2n) is 4.60. The number of hydrogen-bond donors (Lipinski definition) is 2. The molecule has 100 valence electrons. The summed E-state index contributed by atoms with van der Waals surface area (Å²) in [6.07, 6.45) is 5.32. The fraction of sp³-hybridized carbons (Fsp3) is 0.333. The monoisotopic (exact) mass is 257 g/mol. The Hall–Kier alpha value is -1.78. The molecule has 0 saturated heterocycles. The summed E-state index contributed by atoms with van der Waals surface area (Å²) in [6.45, 7) is 2.55. The van der Waals surface area contributed by atoms with Crippen molar-refractivity contribution < 1.29 is 5.11 Å². The molecule has 0 aliphatic carbocycles. The second-order valence-corrected chi connectivity index (χ2v) is 4.60. The maximum absolute atomic E-state index is 10.00. The second kappa shape index (κ2) is 6.97. The van der Waals surface area contributed by atoms with E-state index in [1.165, 1.54) is 0 Å². The summed E-state index contributed by atoms with van der Waals surface area (Å²) in [5.41, 5.74) is 2.03. The molecule has 1 heterocycles. The molecule has 0 fully saturated rings. The fourth-order valence-corrected chi connectivity index (χ4v) is 1.91. The molecule has 0 amide bonds. The Morgan fingerprint density at radius 3 is 2.68 bits per heavy atom. The van der Waals surface area contributed by atoms with E-state index in [2.05, 4.69) is 15.3 Å². The predicted octanol–water partition coefficient (Wildman–Crippen LogP) is 1.73. The molecular weight excluding hydrogens is 238 g/mol. The molecule has 4 nitrogen and oxygen atoms in total. The van der Waals surface area contributed by atoms with Gasteiger partial charge in [-0.15, -0.1) is 0 Å². The highest BCUT2D eigenvalue weighted by Crippen LogP contribution is 2.07. The average molecular weight is 257 g/mol. The van der Waals surface area contributed by atoms with Crippen LogP contribution in [0.4, 0.5) is 0 Å². The third-order valence-electron chi connectivity index (χ3n) is 3.00. The molecule has 2 rings (SSSR count). The summed E-state index contributed by atoms with van der Waals surface area (Å²) in [5, 5.41) is 13.3. The van der Waals surface area contributed by atoms with E-state index >= 15 is 0 Å². The van der Waals surface area contributed by atoms with Gasteiger partial charge in [-0.05, 0) is 18.9 Å². The molecule has 19 heavy (non-hydrogen) atoms. The van der Waals surface area contributed by atoms with Gasteiger partial charge in [0, 0.05) is 31.2 Å². The first-order valence-corrected chi connectivity index (χ1v) is 6.47. The minimum atomic E-state index is -0.401. The summed E-state index contributed by atoms with van der Waals surface area (Å²) >= 11 is 0. The average Bonchev–Trinajstić information content (AvgIpc) is 2.47. The zero-order valence-corrected chi connectivity index (χ0v) is 11.0. The van der Waals surface area contributed by atoms with Crippen LogP contribution in [0.5, 0.6) is 0 Å². The van der Waals surface area contributed by atoms with Crippen LogP contribution in [0.2, 0.25) is 0 Å². The van der Waals surface area contributed by atoms with Gasteiger partial charge in [-0.1, -0.05) is 30.3 Å². The van der Waals surface area contributed by atoms with E-state index in [1.807, 2.05) is 37.3 Å². The third-order valence-corrected chi connectivity index (χ3v) is 3.00. The molecule has 0 bridgehead atoms. The van der Waals surface area contributed by atoms with Gasteiger partial charge in [0.05, 0.1) is 11.8 Å². The van der Waals surface area contributed by atoms with E-state index in [0.717, 1.165) is 11.3 Å². The molecule has 4 heteroatoms. The lowest BCUT2D eigenvalue weighted by Gasteiger charge is -2.16. The van der Waals surface area contributed by atoms with Gasteiger partial charge >= 0.3 is 0 Å². The molecule has 2 atom stereocenters. The van der Waals surface area contributed by atoms with Crippen molar-refractivity contribution in [3.8, 4) is 0 Å². The number of nitrogens with one attached hydrogen (secondary N) is 1. The number of hydrogen-bond acceptors (Lipinski definition) is 4. The van der Waals surface area contributed by atoms with Crippen LogP contribution in [0.1, 0.15) is 24.2 Å². The minimum Gasteiger partial charge on any atom is -0.391 e. The van der Waals surface area contributed by atoms with Crippen LogP contribution in [-0.2, 0) is 6.42 Å². The zero-order chi connectivity index (χ0) is 13.5. The number of aromatic nitrogens is 2. The molecule has 1 aromatic heterocycles. The number of rotatable bonds is 6. The lowest BCUT2D eigenvalue weighted by molar-refractivity contribution is 0.168. The first-order chi connectivity index (χ1) is 9.25. The summed E-state index contributed by atoms with van der Waals surface area (Å²) in [5.74, 6) is 0. The van der Waals surface area contributed by atoms with Gasteiger partial charge in [0.15, 0.2) is 0 Å². The van der Waals surface area contributed by atoms with Crippen LogP contribution in [0.3, 0.4) is 0 Å². The topological polar surface area (TPSA) is 58.0 Å². The largest absolute Gasteiger partial charge is 0.391 e. The highest BCUT2D eigenvalue weighted by Gasteiger charge is 2.10. The molecule has 0 spiro atoms. The van der Waals surface area contributed by atoms with Gasteiger partial charge in [0.25, 0.3) is 0 Å². The molecule has 0 saturated carbocycles. The van der Waals surface area contributed by atoms with Crippen LogP contribution in [0.25, 0.3) is 0 Å². The first-order valence-electron chi connectivity index (χ1n) is 6.47. The van der Waals surface area contributed by atoms with E-state index in [4.69, 9.17) is 0 Å². The first kappa shape index (κ1) is 13.6. The Kier molecular flexibility index (Phi) is 5.01. The highest BCUT2D eigenvalue weighted by atomic mass is 16.3. The van der Waals surface area contributed by atoms with Crippen LogP contribution < -0.4 is 5.32 Å². The quantitative estimate of drug-likeness (QED) is 0.827. The number of nitrogens with zero attached hydrogens (tertiary/aromatic N) is 2. The lowest BCUT2D eigenvalue weighted by atomic mass is 10.1. The summed E-state index contributed by atoms with van der Waals surface area (Å²) < 4.78 is 0. The smallest absolute Gasteiger partial charge is 0.0753 e. The maximum Gasteiger partial charge on any atom is 0.0753 e. The molecule has 2 aromatic rings. The molecule has 2 N–H and O–H groups in total. The van der Waals surface area contributed by atoms with E-state index in [9.17, 15) is 5.11 Å². The van der Waals surface area contributed by atoms with Crippen molar-refractivity contribution >= 4 is 0 Å². The van der Waals surface area contributed by atoms with E-state index in [1.54, 1.807) is 18.6 Å². The molecule has 0 radical (unpaired) electrons. The standard InChI is InChI=1S/C15H19N3O/c1-12(15-11-16-7-8-17-15)18-10-14(19)9-13-5-3-2-4-6-13/h2-8,11-12,14,18-19H,9-10H2,1H3. The molecule has 2 unspecified atom stereocenters. The highest BCUT2D eigenvalue weighted by molar-refractivity contribution is 5.15. The Bertz CT molecular complexity index is 475. The van der Waals surface area contributed by atoms with Gasteiger partial charge in [0.1, 0.15) is 0 Å². The van der Waals surface area contributed by atoms with Crippen molar-refractivity contribution in [1.29, 1.82) is 0 Å². The Labute approximate surface area is 113 Å².